The van der Waals surface area contributed by atoms with E-state index in [0.717, 1.165) is 31.3 Å². The van der Waals surface area contributed by atoms with Crippen LogP contribution in [0, 0.1) is 5.92 Å². The first kappa shape index (κ1) is 12.3. The number of hydrogen-bond donors (Lipinski definition) is 2. The van der Waals surface area contributed by atoms with E-state index >= 15 is 0 Å². The third-order valence-electron chi connectivity index (χ3n) is 2.63. The second-order valence-electron chi connectivity index (χ2n) is 3.76. The number of hydrogen-bond acceptors (Lipinski definition) is 4. The highest BCUT2D eigenvalue weighted by Crippen LogP contribution is 2.28. The minimum atomic E-state index is -1.38. The summed E-state index contributed by atoms with van der Waals surface area (Å²) in [5.41, 5.74) is 1.02. The SMILES string of the molecule is CCOC(=O)C1CCC(=CB(O)O)CC1. The molecule has 0 saturated heterocycles. The van der Waals surface area contributed by atoms with E-state index in [9.17, 15) is 4.79 Å². The molecule has 1 aliphatic rings. The quantitative estimate of drug-likeness (QED) is 0.533. The van der Waals surface area contributed by atoms with Gasteiger partial charge in [0.05, 0.1) is 12.5 Å². The molecular formula is C10H17BO4. The Labute approximate surface area is 90.1 Å². The summed E-state index contributed by atoms with van der Waals surface area (Å²) in [4.78, 5) is 11.4. The normalized spacial score (nSPS) is 21.0. The Kier molecular flexibility index (Phi) is 4.85. The summed E-state index contributed by atoms with van der Waals surface area (Å²) in [5.74, 6) is 1.31. The van der Waals surface area contributed by atoms with Crippen LogP contribution < -0.4 is 0 Å². The van der Waals surface area contributed by atoms with Gasteiger partial charge in [0.2, 0.25) is 0 Å². The minimum Gasteiger partial charge on any atom is -0.466 e. The Hall–Kier alpha value is -0.805. The molecule has 0 aromatic rings. The van der Waals surface area contributed by atoms with Gasteiger partial charge in [0.25, 0.3) is 0 Å². The fourth-order valence-corrected chi connectivity index (χ4v) is 1.86. The van der Waals surface area contributed by atoms with E-state index in [1.807, 2.05) is 0 Å². The fourth-order valence-electron chi connectivity index (χ4n) is 1.86. The Balaban J connectivity index is 2.39. The Morgan fingerprint density at radius 3 is 2.60 bits per heavy atom. The van der Waals surface area contributed by atoms with Crippen molar-refractivity contribution in [1.82, 2.24) is 0 Å². The van der Waals surface area contributed by atoms with Crippen LogP contribution >= 0.6 is 0 Å². The van der Waals surface area contributed by atoms with E-state index in [-0.39, 0.29) is 11.9 Å². The molecule has 1 fully saturated rings. The van der Waals surface area contributed by atoms with Crippen LogP contribution in [0.25, 0.3) is 0 Å². The molecule has 0 bridgehead atoms. The van der Waals surface area contributed by atoms with E-state index in [1.165, 1.54) is 5.98 Å². The third-order valence-corrected chi connectivity index (χ3v) is 2.63. The molecule has 0 heterocycles. The molecule has 4 nitrogen and oxygen atoms in total. The van der Waals surface area contributed by atoms with Crippen molar-refractivity contribution in [3.63, 3.8) is 0 Å². The Morgan fingerprint density at radius 1 is 1.53 bits per heavy atom. The van der Waals surface area contributed by atoms with Crippen LogP contribution in [-0.2, 0) is 9.53 Å². The maximum Gasteiger partial charge on any atom is 0.480 e. The van der Waals surface area contributed by atoms with Gasteiger partial charge in [0.15, 0.2) is 0 Å². The van der Waals surface area contributed by atoms with Crippen LogP contribution in [0.15, 0.2) is 11.5 Å². The molecule has 0 atom stereocenters. The molecule has 15 heavy (non-hydrogen) atoms. The molecule has 0 aromatic carbocycles. The molecule has 5 heteroatoms. The van der Waals surface area contributed by atoms with E-state index < -0.39 is 7.12 Å². The number of esters is 1. The molecular weight excluding hydrogens is 195 g/mol. The van der Waals surface area contributed by atoms with Crippen LogP contribution in [0.5, 0.6) is 0 Å². The van der Waals surface area contributed by atoms with E-state index in [2.05, 4.69) is 0 Å². The van der Waals surface area contributed by atoms with Crippen LogP contribution in [0.3, 0.4) is 0 Å². The van der Waals surface area contributed by atoms with Crippen LogP contribution in [0.2, 0.25) is 0 Å². The Bertz CT molecular complexity index is 240. The summed E-state index contributed by atoms with van der Waals surface area (Å²) in [6.45, 7) is 2.22. The zero-order chi connectivity index (χ0) is 11.3. The number of carbonyl (C=O) groups is 1. The van der Waals surface area contributed by atoms with Gasteiger partial charge in [-0.2, -0.15) is 0 Å². The van der Waals surface area contributed by atoms with Gasteiger partial charge < -0.3 is 14.8 Å². The van der Waals surface area contributed by atoms with Crippen LogP contribution in [0.4, 0.5) is 0 Å². The van der Waals surface area contributed by atoms with Crippen molar-refractivity contribution in [2.75, 3.05) is 6.61 Å². The number of rotatable bonds is 3. The average molecular weight is 212 g/mol. The zero-order valence-corrected chi connectivity index (χ0v) is 8.98. The lowest BCUT2D eigenvalue weighted by atomic mass is 9.79. The average Bonchev–Trinajstić information content (AvgIpc) is 2.18. The highest BCUT2D eigenvalue weighted by Gasteiger charge is 2.24. The molecule has 0 unspecified atom stereocenters. The first-order chi connectivity index (χ1) is 7.13. The molecule has 1 saturated carbocycles. The van der Waals surface area contributed by atoms with Crippen molar-refractivity contribution < 1.29 is 19.6 Å². The van der Waals surface area contributed by atoms with Gasteiger partial charge in [-0.1, -0.05) is 11.5 Å². The predicted molar refractivity (Wildman–Crippen MR) is 56.9 cm³/mol. The zero-order valence-electron chi connectivity index (χ0n) is 8.98. The highest BCUT2D eigenvalue weighted by atomic mass is 16.5. The number of allylic oxidation sites excluding steroid dienone is 1. The molecule has 0 aromatic heterocycles. The summed E-state index contributed by atoms with van der Waals surface area (Å²) in [6.07, 6.45) is 3.00. The van der Waals surface area contributed by atoms with E-state index in [4.69, 9.17) is 14.8 Å². The first-order valence-corrected chi connectivity index (χ1v) is 5.35. The third kappa shape index (κ3) is 4.05. The first-order valence-electron chi connectivity index (χ1n) is 5.35. The summed E-state index contributed by atoms with van der Waals surface area (Å²) < 4.78 is 4.94. The monoisotopic (exact) mass is 212 g/mol. The largest absolute Gasteiger partial charge is 0.480 e. The Morgan fingerprint density at radius 2 is 2.13 bits per heavy atom. The van der Waals surface area contributed by atoms with Crippen molar-refractivity contribution in [1.29, 1.82) is 0 Å². The standard InChI is InChI=1S/C10H17BO4/c1-2-15-10(12)9-5-3-8(4-6-9)7-11(13)14/h7,9,13-14H,2-6H2,1H3. The van der Waals surface area contributed by atoms with E-state index in [1.54, 1.807) is 6.92 Å². The van der Waals surface area contributed by atoms with Crippen molar-refractivity contribution in [2.45, 2.75) is 32.6 Å². The molecule has 1 aliphatic carbocycles. The van der Waals surface area contributed by atoms with Gasteiger partial charge in [-0.15, -0.1) is 0 Å². The lowest BCUT2D eigenvalue weighted by Gasteiger charge is -2.22. The van der Waals surface area contributed by atoms with Gasteiger partial charge in [-0.25, -0.2) is 0 Å². The smallest absolute Gasteiger partial charge is 0.466 e. The van der Waals surface area contributed by atoms with Gasteiger partial charge in [0, 0.05) is 0 Å². The molecule has 1 rings (SSSR count). The summed E-state index contributed by atoms with van der Waals surface area (Å²) in [7, 11) is -1.38. The summed E-state index contributed by atoms with van der Waals surface area (Å²) in [5, 5.41) is 17.5. The van der Waals surface area contributed by atoms with Crippen molar-refractivity contribution in [2.24, 2.45) is 5.92 Å². The second-order valence-corrected chi connectivity index (χ2v) is 3.76. The number of ether oxygens (including phenoxy) is 1. The van der Waals surface area contributed by atoms with Crippen molar-refractivity contribution in [3.8, 4) is 0 Å². The number of carbonyl (C=O) groups excluding carboxylic acids is 1. The van der Waals surface area contributed by atoms with Gasteiger partial charge in [-0.3, -0.25) is 4.79 Å². The topological polar surface area (TPSA) is 66.8 Å². The lowest BCUT2D eigenvalue weighted by molar-refractivity contribution is -0.148. The van der Waals surface area contributed by atoms with Crippen LogP contribution in [-0.4, -0.2) is 29.7 Å². The van der Waals surface area contributed by atoms with Crippen molar-refractivity contribution >= 4 is 13.1 Å². The van der Waals surface area contributed by atoms with E-state index in [0.29, 0.717) is 6.61 Å². The minimum absolute atomic E-state index is 0.0158. The van der Waals surface area contributed by atoms with Gasteiger partial charge in [-0.05, 0) is 32.6 Å². The molecule has 84 valence electrons. The highest BCUT2D eigenvalue weighted by molar-refractivity contribution is 6.47. The molecule has 0 spiro atoms. The fraction of sp³-hybridized carbons (Fsp3) is 0.700. The summed E-state index contributed by atoms with van der Waals surface area (Å²) in [6, 6.07) is 0. The maximum absolute atomic E-state index is 11.4. The van der Waals surface area contributed by atoms with Crippen molar-refractivity contribution in [3.05, 3.63) is 11.5 Å². The molecule has 0 radical (unpaired) electrons. The lowest BCUT2D eigenvalue weighted by Crippen LogP contribution is -2.21. The molecule has 2 N–H and O–H groups in total. The van der Waals surface area contributed by atoms with Crippen LogP contribution in [0.1, 0.15) is 32.6 Å². The maximum atomic E-state index is 11.4. The second kappa shape index (κ2) is 5.93. The predicted octanol–water partition coefficient (Wildman–Crippen LogP) is 0.678. The summed E-state index contributed by atoms with van der Waals surface area (Å²) >= 11 is 0. The van der Waals surface area contributed by atoms with Gasteiger partial charge >= 0.3 is 13.1 Å². The molecule has 0 aliphatic heterocycles. The van der Waals surface area contributed by atoms with Gasteiger partial charge in [0.1, 0.15) is 0 Å². The molecule has 0 amide bonds.